The Morgan fingerprint density at radius 3 is 1.17 bits per heavy atom. The Balaban J connectivity index is 2.98. The summed E-state index contributed by atoms with van der Waals surface area (Å²) in [5, 5.41) is 0. The molecule has 0 rings (SSSR count). The molecule has 0 atom stereocenters. The zero-order valence-corrected chi connectivity index (χ0v) is 16.8. The Morgan fingerprint density at radius 2 is 0.833 bits per heavy atom. The summed E-state index contributed by atoms with van der Waals surface area (Å²) in [4.78, 5) is 0. The first-order valence-electron chi connectivity index (χ1n) is 10.9. The fraction of sp³-hybridized carbons (Fsp3) is 0.913. The molecule has 0 amide bonds. The molecule has 0 fully saturated rings. The minimum absolute atomic E-state index is 0.993. The van der Waals surface area contributed by atoms with Crippen LogP contribution in [0.25, 0.3) is 0 Å². The molecule has 0 aromatic rings. The zero-order chi connectivity index (χ0) is 17.6. The molecule has 0 radical (unpaired) electrons. The van der Waals surface area contributed by atoms with Gasteiger partial charge in [-0.1, -0.05) is 122 Å². The molecule has 0 aliphatic heterocycles. The molecule has 0 aromatic heterocycles. The van der Waals surface area contributed by atoms with E-state index in [2.05, 4.69) is 19.0 Å². The fourth-order valence-electron chi connectivity index (χ4n) is 3.24. The van der Waals surface area contributed by atoms with Gasteiger partial charge in [-0.2, -0.15) is 0 Å². The average Bonchev–Trinajstić information content (AvgIpc) is 2.60. The molecule has 0 aliphatic rings. The topological polar surface area (TPSA) is 9.23 Å². The summed E-state index contributed by atoms with van der Waals surface area (Å²) in [5.41, 5.74) is 0. The highest BCUT2D eigenvalue weighted by Crippen LogP contribution is 2.14. The van der Waals surface area contributed by atoms with Crippen LogP contribution in [0.5, 0.6) is 0 Å². The second kappa shape index (κ2) is 22.4. The van der Waals surface area contributed by atoms with Crippen molar-refractivity contribution in [3.05, 3.63) is 0 Å². The maximum Gasteiger partial charge on any atom is 0.109 e. The molecule has 0 aromatic carbocycles. The molecule has 142 valence electrons. The Kier molecular flexibility index (Phi) is 21.8. The van der Waals surface area contributed by atoms with Gasteiger partial charge in [0.2, 0.25) is 0 Å². The number of hydrogen-bond donors (Lipinski definition) is 0. The predicted octanol–water partition coefficient (Wildman–Crippen LogP) is 8.03. The summed E-state index contributed by atoms with van der Waals surface area (Å²) in [7, 11) is 1.63. The maximum atomic E-state index is 4.72. The number of unbranched alkanes of at least 4 members (excludes halogenated alkanes) is 18. The van der Waals surface area contributed by atoms with E-state index in [1.165, 1.54) is 116 Å². The molecule has 24 heavy (non-hydrogen) atoms. The lowest BCUT2D eigenvalue weighted by Crippen LogP contribution is -1.84. The Hall–Kier alpha value is -0.640. The first kappa shape index (κ1) is 23.4. The zero-order valence-electron chi connectivity index (χ0n) is 16.8. The summed E-state index contributed by atoms with van der Waals surface area (Å²) in [5.74, 6) is 3.02. The van der Waals surface area contributed by atoms with Crippen molar-refractivity contribution in [3.8, 4) is 12.0 Å². The van der Waals surface area contributed by atoms with Gasteiger partial charge in [-0.3, -0.25) is 0 Å². The van der Waals surface area contributed by atoms with E-state index in [9.17, 15) is 0 Å². The normalized spacial score (nSPS) is 10.4. The van der Waals surface area contributed by atoms with E-state index in [1.807, 2.05) is 0 Å². The third-order valence-electron chi connectivity index (χ3n) is 4.83. The van der Waals surface area contributed by atoms with E-state index in [4.69, 9.17) is 4.74 Å². The van der Waals surface area contributed by atoms with Gasteiger partial charge >= 0.3 is 0 Å². The molecule has 1 heteroatoms. The summed E-state index contributed by atoms with van der Waals surface area (Å²) in [6.07, 6.45) is 29.3. The molecule has 0 unspecified atom stereocenters. The average molecular weight is 337 g/mol. The van der Waals surface area contributed by atoms with Gasteiger partial charge in [0.05, 0.1) is 7.11 Å². The number of methoxy groups -OCH3 is 1. The summed E-state index contributed by atoms with van der Waals surface area (Å²) < 4.78 is 4.72. The van der Waals surface area contributed by atoms with Crippen LogP contribution in [-0.4, -0.2) is 7.11 Å². The van der Waals surface area contributed by atoms with Gasteiger partial charge in [0, 0.05) is 6.42 Å². The first-order valence-corrected chi connectivity index (χ1v) is 10.9. The Labute approximate surface area is 153 Å². The fourth-order valence-corrected chi connectivity index (χ4v) is 3.24. The third kappa shape index (κ3) is 21.4. The van der Waals surface area contributed by atoms with Crippen molar-refractivity contribution >= 4 is 0 Å². The van der Waals surface area contributed by atoms with Crippen molar-refractivity contribution in [2.24, 2.45) is 0 Å². The Bertz CT molecular complexity index is 273. The van der Waals surface area contributed by atoms with Gasteiger partial charge in [0.25, 0.3) is 0 Å². The highest BCUT2D eigenvalue weighted by molar-refractivity contribution is 4.90. The molecule has 0 aliphatic carbocycles. The van der Waals surface area contributed by atoms with E-state index < -0.39 is 0 Å². The van der Waals surface area contributed by atoms with Crippen molar-refractivity contribution in [1.82, 2.24) is 0 Å². The van der Waals surface area contributed by atoms with Crippen LogP contribution in [0.3, 0.4) is 0 Å². The van der Waals surface area contributed by atoms with Crippen molar-refractivity contribution < 1.29 is 4.74 Å². The molecular weight excluding hydrogens is 292 g/mol. The molecule has 0 saturated carbocycles. The lowest BCUT2D eigenvalue weighted by molar-refractivity contribution is 0.371. The van der Waals surface area contributed by atoms with Crippen LogP contribution in [0, 0.1) is 12.0 Å². The number of rotatable bonds is 18. The minimum Gasteiger partial charge on any atom is -0.450 e. The number of ether oxygens (including phenoxy) is 1. The SMILES string of the molecule is CCCCCCCCCCCCCCCCCCCCC#COC. The van der Waals surface area contributed by atoms with E-state index >= 15 is 0 Å². The molecule has 0 N–H and O–H groups in total. The van der Waals surface area contributed by atoms with Gasteiger partial charge in [-0.25, -0.2) is 0 Å². The van der Waals surface area contributed by atoms with Crippen LogP contribution in [-0.2, 0) is 4.74 Å². The second-order valence-corrected chi connectivity index (χ2v) is 7.24. The molecule has 0 bridgehead atoms. The standard InChI is InChI=1S/C23H44O/c1-3-4-5-6-7-8-9-10-11-12-13-14-15-16-17-18-19-20-21-22-23-24-2/h3-21H2,1-2H3. The van der Waals surface area contributed by atoms with E-state index in [0.29, 0.717) is 0 Å². The highest BCUT2D eigenvalue weighted by atomic mass is 16.5. The smallest absolute Gasteiger partial charge is 0.109 e. The van der Waals surface area contributed by atoms with Crippen molar-refractivity contribution in [2.75, 3.05) is 7.11 Å². The maximum absolute atomic E-state index is 4.72. The third-order valence-corrected chi connectivity index (χ3v) is 4.83. The molecule has 1 nitrogen and oxygen atoms in total. The van der Waals surface area contributed by atoms with Crippen LogP contribution >= 0.6 is 0 Å². The van der Waals surface area contributed by atoms with Gasteiger partial charge < -0.3 is 4.74 Å². The van der Waals surface area contributed by atoms with Crippen LogP contribution < -0.4 is 0 Å². The van der Waals surface area contributed by atoms with Crippen molar-refractivity contribution in [3.63, 3.8) is 0 Å². The summed E-state index contributed by atoms with van der Waals surface area (Å²) in [6, 6.07) is 0. The lowest BCUT2D eigenvalue weighted by atomic mass is 10.0. The Morgan fingerprint density at radius 1 is 0.500 bits per heavy atom. The second-order valence-electron chi connectivity index (χ2n) is 7.24. The van der Waals surface area contributed by atoms with Gasteiger partial charge in [-0.15, -0.1) is 0 Å². The largest absolute Gasteiger partial charge is 0.450 e. The first-order chi connectivity index (χ1) is 11.9. The minimum atomic E-state index is 0.993. The molecular formula is C23H44O. The molecule has 0 heterocycles. The molecule has 0 spiro atoms. The van der Waals surface area contributed by atoms with Crippen LogP contribution in [0.4, 0.5) is 0 Å². The van der Waals surface area contributed by atoms with E-state index in [-0.39, 0.29) is 0 Å². The van der Waals surface area contributed by atoms with Gasteiger partial charge in [-0.05, 0) is 6.42 Å². The van der Waals surface area contributed by atoms with Gasteiger partial charge in [0.1, 0.15) is 6.11 Å². The summed E-state index contributed by atoms with van der Waals surface area (Å²) >= 11 is 0. The van der Waals surface area contributed by atoms with Gasteiger partial charge in [0.15, 0.2) is 0 Å². The van der Waals surface area contributed by atoms with Crippen LogP contribution in [0.1, 0.15) is 129 Å². The van der Waals surface area contributed by atoms with Crippen LogP contribution in [0.15, 0.2) is 0 Å². The summed E-state index contributed by atoms with van der Waals surface area (Å²) in [6.45, 7) is 2.29. The highest BCUT2D eigenvalue weighted by Gasteiger charge is 1.94. The van der Waals surface area contributed by atoms with Crippen molar-refractivity contribution in [2.45, 2.75) is 129 Å². The van der Waals surface area contributed by atoms with E-state index in [1.54, 1.807) is 7.11 Å². The molecule has 0 saturated heterocycles. The quantitative estimate of drug-likeness (QED) is 0.182. The van der Waals surface area contributed by atoms with E-state index in [0.717, 1.165) is 6.42 Å². The van der Waals surface area contributed by atoms with Crippen molar-refractivity contribution in [1.29, 1.82) is 0 Å². The van der Waals surface area contributed by atoms with Crippen LogP contribution in [0.2, 0.25) is 0 Å². The monoisotopic (exact) mass is 336 g/mol. The lowest BCUT2D eigenvalue weighted by Gasteiger charge is -2.03. The predicted molar refractivity (Wildman–Crippen MR) is 108 cm³/mol. The number of hydrogen-bond acceptors (Lipinski definition) is 1.